The molecule has 1 aromatic heterocycles. The predicted octanol–water partition coefficient (Wildman–Crippen LogP) is 4.43. The minimum atomic E-state index is -0.592. The summed E-state index contributed by atoms with van der Waals surface area (Å²) in [5.74, 6) is 1.82. The van der Waals surface area contributed by atoms with Gasteiger partial charge in [-0.05, 0) is 43.5 Å². The van der Waals surface area contributed by atoms with Crippen molar-refractivity contribution in [1.29, 1.82) is 0 Å². The largest absolute Gasteiger partial charge is 0.491 e. The molecule has 1 saturated carbocycles. The van der Waals surface area contributed by atoms with Gasteiger partial charge >= 0.3 is 0 Å². The van der Waals surface area contributed by atoms with Crippen molar-refractivity contribution in [3.63, 3.8) is 0 Å². The molecule has 0 atom stereocenters. The van der Waals surface area contributed by atoms with Crippen LogP contribution >= 0.6 is 11.6 Å². The van der Waals surface area contributed by atoms with Crippen LogP contribution in [0.2, 0.25) is 5.02 Å². The molecule has 1 fully saturated rings. The Kier molecular flexibility index (Phi) is 6.79. The number of halogens is 1. The first kappa shape index (κ1) is 21.2. The van der Waals surface area contributed by atoms with Gasteiger partial charge in [-0.3, -0.25) is 4.79 Å². The number of nitrogens with one attached hydrogen (secondary N) is 1. The number of nitrogens with zero attached hydrogens (tertiary/aromatic N) is 2. The summed E-state index contributed by atoms with van der Waals surface area (Å²) in [5, 5.41) is 7.60. The van der Waals surface area contributed by atoms with Crippen molar-refractivity contribution < 1.29 is 18.8 Å². The second kappa shape index (κ2) is 9.31. The van der Waals surface area contributed by atoms with E-state index < -0.39 is 5.54 Å². The van der Waals surface area contributed by atoms with Crippen molar-refractivity contribution in [3.8, 4) is 11.5 Å². The number of carbonyl (C=O) groups excluding carboxylic acids is 1. The zero-order chi connectivity index (χ0) is 20.9. The van der Waals surface area contributed by atoms with Crippen LogP contribution in [0.5, 0.6) is 11.5 Å². The molecular formula is C21H26ClN3O4. The number of benzene rings is 1. The standard InChI is InChI=1S/C21H26ClN3O4/c1-4-28-17-13-15(12-16(22)19(17)27-3)8-9-18(26)24-21(10-6-5-7-11-21)20-23-14(2)29-25-20/h8-9,12-13H,4-7,10-11H2,1-3H3,(H,24,26)/b9-8+. The zero-order valence-corrected chi connectivity index (χ0v) is 17.7. The molecule has 0 bridgehead atoms. The number of ether oxygens (including phenoxy) is 2. The van der Waals surface area contributed by atoms with E-state index in [0.29, 0.717) is 34.8 Å². The third-order valence-electron chi connectivity index (χ3n) is 4.99. The summed E-state index contributed by atoms with van der Waals surface area (Å²) in [7, 11) is 1.54. The highest BCUT2D eigenvalue weighted by atomic mass is 35.5. The number of hydrogen-bond acceptors (Lipinski definition) is 6. The fourth-order valence-electron chi connectivity index (χ4n) is 3.65. The Hall–Kier alpha value is -2.54. The van der Waals surface area contributed by atoms with Gasteiger partial charge in [-0.15, -0.1) is 0 Å². The molecule has 0 spiro atoms. The Morgan fingerprint density at radius 2 is 2.10 bits per heavy atom. The first-order chi connectivity index (χ1) is 14.0. The van der Waals surface area contributed by atoms with Crippen molar-refractivity contribution >= 4 is 23.6 Å². The van der Waals surface area contributed by atoms with Crippen molar-refractivity contribution in [2.75, 3.05) is 13.7 Å². The van der Waals surface area contributed by atoms with Crippen molar-refractivity contribution in [2.45, 2.75) is 51.5 Å². The number of hydrogen-bond donors (Lipinski definition) is 1. The van der Waals surface area contributed by atoms with Gasteiger partial charge in [0.2, 0.25) is 11.8 Å². The number of aromatic nitrogens is 2. The highest BCUT2D eigenvalue weighted by molar-refractivity contribution is 6.32. The third-order valence-corrected chi connectivity index (χ3v) is 5.27. The predicted molar refractivity (Wildman–Crippen MR) is 110 cm³/mol. The Morgan fingerprint density at radius 3 is 2.72 bits per heavy atom. The molecule has 156 valence electrons. The van der Waals surface area contributed by atoms with E-state index in [9.17, 15) is 4.79 Å². The maximum Gasteiger partial charge on any atom is 0.244 e. The molecular weight excluding hydrogens is 394 g/mol. The summed E-state index contributed by atoms with van der Waals surface area (Å²) < 4.78 is 16.0. The van der Waals surface area contributed by atoms with Gasteiger partial charge in [0.1, 0.15) is 5.54 Å². The van der Waals surface area contributed by atoms with E-state index in [1.807, 2.05) is 6.92 Å². The number of rotatable bonds is 7. The van der Waals surface area contributed by atoms with Gasteiger partial charge in [0.15, 0.2) is 17.3 Å². The molecule has 1 N–H and O–H groups in total. The summed E-state index contributed by atoms with van der Waals surface area (Å²) in [6.07, 6.45) is 7.89. The Balaban J connectivity index is 1.79. The molecule has 1 amide bonds. The van der Waals surface area contributed by atoms with E-state index in [4.69, 9.17) is 25.6 Å². The molecule has 1 aliphatic rings. The van der Waals surface area contributed by atoms with Gasteiger partial charge in [0.25, 0.3) is 0 Å². The van der Waals surface area contributed by atoms with E-state index in [1.54, 1.807) is 25.1 Å². The average Bonchev–Trinajstić information content (AvgIpc) is 3.14. The molecule has 1 aromatic carbocycles. The molecule has 7 nitrogen and oxygen atoms in total. The van der Waals surface area contributed by atoms with Crippen LogP contribution in [0.25, 0.3) is 6.08 Å². The van der Waals surface area contributed by atoms with E-state index in [-0.39, 0.29) is 5.91 Å². The van der Waals surface area contributed by atoms with Crippen LogP contribution in [0, 0.1) is 6.92 Å². The number of carbonyl (C=O) groups is 1. The summed E-state index contributed by atoms with van der Waals surface area (Å²) in [6, 6.07) is 3.52. The SMILES string of the molecule is CCOc1cc(/C=C/C(=O)NC2(c3noc(C)n3)CCCCC2)cc(Cl)c1OC. The fourth-order valence-corrected chi connectivity index (χ4v) is 3.94. The van der Waals surface area contributed by atoms with E-state index in [0.717, 1.165) is 37.7 Å². The Morgan fingerprint density at radius 1 is 1.34 bits per heavy atom. The summed E-state index contributed by atoms with van der Waals surface area (Å²) in [4.78, 5) is 17.1. The lowest BCUT2D eigenvalue weighted by Crippen LogP contribution is -2.47. The smallest absolute Gasteiger partial charge is 0.244 e. The number of amides is 1. The summed E-state index contributed by atoms with van der Waals surface area (Å²) in [5.41, 5.74) is 0.147. The molecule has 0 radical (unpaired) electrons. The van der Waals surface area contributed by atoms with Crippen molar-refractivity contribution in [2.24, 2.45) is 0 Å². The van der Waals surface area contributed by atoms with Crippen molar-refractivity contribution in [1.82, 2.24) is 15.5 Å². The number of methoxy groups -OCH3 is 1. The fraction of sp³-hybridized carbons (Fsp3) is 0.476. The molecule has 2 aromatic rings. The molecule has 0 aliphatic heterocycles. The average molecular weight is 420 g/mol. The molecule has 29 heavy (non-hydrogen) atoms. The normalized spacial score (nSPS) is 16.0. The van der Waals surface area contributed by atoms with Crippen LogP contribution in [0.1, 0.15) is 56.3 Å². The van der Waals surface area contributed by atoms with Crippen molar-refractivity contribution in [3.05, 3.63) is 40.5 Å². The van der Waals surface area contributed by atoms with Crippen LogP contribution in [-0.2, 0) is 10.3 Å². The maximum absolute atomic E-state index is 12.7. The molecule has 1 aliphatic carbocycles. The molecule has 0 saturated heterocycles. The van der Waals surface area contributed by atoms with Crippen LogP contribution < -0.4 is 14.8 Å². The minimum Gasteiger partial charge on any atom is -0.491 e. The van der Waals surface area contributed by atoms with Gasteiger partial charge in [0, 0.05) is 13.0 Å². The molecule has 3 rings (SSSR count). The molecule has 8 heteroatoms. The van der Waals surface area contributed by atoms with Gasteiger partial charge < -0.3 is 19.3 Å². The number of aryl methyl sites for hydroxylation is 1. The lowest BCUT2D eigenvalue weighted by molar-refractivity contribution is -0.119. The maximum atomic E-state index is 12.7. The van der Waals surface area contributed by atoms with Gasteiger partial charge in [-0.1, -0.05) is 36.0 Å². The molecule has 0 unspecified atom stereocenters. The Labute approximate surface area is 175 Å². The third kappa shape index (κ3) is 4.90. The lowest BCUT2D eigenvalue weighted by Gasteiger charge is -2.34. The first-order valence-corrected chi connectivity index (χ1v) is 10.2. The second-order valence-electron chi connectivity index (χ2n) is 7.07. The van der Waals surface area contributed by atoms with Crippen LogP contribution in [-0.4, -0.2) is 29.8 Å². The summed E-state index contributed by atoms with van der Waals surface area (Å²) in [6.45, 7) is 4.11. The molecule has 1 heterocycles. The van der Waals surface area contributed by atoms with Crippen LogP contribution in [0.15, 0.2) is 22.7 Å². The van der Waals surface area contributed by atoms with Gasteiger partial charge in [-0.2, -0.15) is 4.98 Å². The Bertz CT molecular complexity index is 888. The van der Waals surface area contributed by atoms with E-state index in [2.05, 4.69) is 15.5 Å². The van der Waals surface area contributed by atoms with E-state index >= 15 is 0 Å². The first-order valence-electron chi connectivity index (χ1n) is 9.79. The second-order valence-corrected chi connectivity index (χ2v) is 7.48. The monoisotopic (exact) mass is 419 g/mol. The highest BCUT2D eigenvalue weighted by Gasteiger charge is 2.39. The van der Waals surface area contributed by atoms with Gasteiger partial charge in [0.05, 0.1) is 18.7 Å². The quantitative estimate of drug-likeness (QED) is 0.668. The highest BCUT2D eigenvalue weighted by Crippen LogP contribution is 2.37. The lowest BCUT2D eigenvalue weighted by atomic mass is 9.81. The zero-order valence-electron chi connectivity index (χ0n) is 17.0. The van der Waals surface area contributed by atoms with Gasteiger partial charge in [-0.25, -0.2) is 0 Å². The van der Waals surface area contributed by atoms with Crippen LogP contribution in [0.3, 0.4) is 0 Å². The van der Waals surface area contributed by atoms with Crippen LogP contribution in [0.4, 0.5) is 0 Å². The topological polar surface area (TPSA) is 86.5 Å². The summed E-state index contributed by atoms with van der Waals surface area (Å²) >= 11 is 6.28. The minimum absolute atomic E-state index is 0.223. The van der Waals surface area contributed by atoms with E-state index in [1.165, 1.54) is 13.2 Å².